The minimum absolute atomic E-state index is 0.0264. The predicted octanol–water partition coefficient (Wildman–Crippen LogP) is 1.65. The number of fused-ring (bicyclic) bond motifs is 6. The van der Waals surface area contributed by atoms with Crippen molar-refractivity contribution >= 4 is 16.6 Å². The lowest BCUT2D eigenvalue weighted by Gasteiger charge is -2.64. The summed E-state index contributed by atoms with van der Waals surface area (Å²) in [6.07, 6.45) is -3.05. The number of benzene rings is 3. The second-order valence-corrected chi connectivity index (χ2v) is 13.8. The Kier molecular flexibility index (Phi) is 7.08. The molecule has 0 saturated carbocycles. The number of aliphatic hydroxyl groups excluding tert-OH is 4. The highest BCUT2D eigenvalue weighted by Gasteiger charge is 2.76. The van der Waals surface area contributed by atoms with Crippen LogP contribution in [0.2, 0.25) is 0 Å². The molecule has 1 fully saturated rings. The van der Waals surface area contributed by atoms with Crippen molar-refractivity contribution in [3.63, 3.8) is 0 Å². The molecule has 7 rings (SSSR count). The van der Waals surface area contributed by atoms with Crippen LogP contribution in [0.1, 0.15) is 60.2 Å². The summed E-state index contributed by atoms with van der Waals surface area (Å²) in [5.74, 6) is -1.65. The molecule has 248 valence electrons. The summed E-state index contributed by atoms with van der Waals surface area (Å²) >= 11 is 0. The molecule has 3 aromatic rings. The Morgan fingerprint density at radius 3 is 2.45 bits per heavy atom. The summed E-state index contributed by atoms with van der Waals surface area (Å²) in [6.45, 7) is 4.21. The highest BCUT2D eigenvalue weighted by molar-refractivity contribution is 6.09. The first-order chi connectivity index (χ1) is 22.1. The molecule has 11 nitrogen and oxygen atoms in total. The molecule has 3 aliphatic carbocycles. The number of aliphatic hydroxyl groups is 7. The van der Waals surface area contributed by atoms with E-state index < -0.39 is 71.2 Å². The van der Waals surface area contributed by atoms with E-state index in [1.807, 2.05) is 6.08 Å². The average molecular weight is 647 g/mol. The number of carbonyl (C=O) groups is 1. The molecule has 3 aromatic carbocycles. The topological polar surface area (TPSA) is 197 Å². The number of ketones is 1. The lowest BCUT2D eigenvalue weighted by molar-refractivity contribution is -0.277. The molecule has 11 heteroatoms. The van der Waals surface area contributed by atoms with Gasteiger partial charge in [-0.2, -0.15) is 0 Å². The molecular weight excluding hydrogens is 608 g/mol. The highest BCUT2D eigenvalue weighted by Crippen LogP contribution is 2.71. The van der Waals surface area contributed by atoms with Crippen LogP contribution in [0.15, 0.2) is 72.3 Å². The van der Waals surface area contributed by atoms with Crippen LogP contribution in [-0.2, 0) is 10.3 Å². The number of Topliss-reactive ketones (excluding diaryl/α,β-unsaturated/α-hetero) is 1. The first-order valence-electron chi connectivity index (χ1n) is 15.6. The van der Waals surface area contributed by atoms with Gasteiger partial charge in [-0.15, -0.1) is 0 Å². The lowest BCUT2D eigenvalue weighted by atomic mass is 9.40. The van der Waals surface area contributed by atoms with Gasteiger partial charge in [0.25, 0.3) is 0 Å². The average Bonchev–Trinajstić information content (AvgIpc) is 3.02. The maximum Gasteiger partial charge on any atom is 0.229 e. The van der Waals surface area contributed by atoms with Crippen molar-refractivity contribution in [3.8, 4) is 11.5 Å². The number of allylic oxidation sites excluding steroid dienone is 1. The van der Waals surface area contributed by atoms with E-state index in [4.69, 9.17) is 9.47 Å². The number of hydrogen-bond donors (Lipinski definition) is 8. The highest BCUT2D eigenvalue weighted by atomic mass is 16.7. The Labute approximate surface area is 270 Å². The van der Waals surface area contributed by atoms with E-state index in [9.17, 15) is 45.6 Å². The van der Waals surface area contributed by atoms with Gasteiger partial charge in [0.1, 0.15) is 47.1 Å². The molecule has 0 amide bonds. The second-order valence-electron chi connectivity index (χ2n) is 13.8. The third-order valence-electron chi connectivity index (χ3n) is 10.4. The standard InChI is InChI=1S/C36H38O11/c1-17-13-23-21-14-20-18(8-6-10-24(20)46-32-30(41)29(40)28(39)25(16-37)47-32)27(38)26(21)36(45)22-9-5-4-7-19(22)31(42)34(23,35(36,44)15-17)12-11-33(2,3)43/h4-14,23,25,28-30,32,37-41,43-45H,15-16H2,1-3H3. The fourth-order valence-corrected chi connectivity index (χ4v) is 8.23. The van der Waals surface area contributed by atoms with Crippen molar-refractivity contribution in [2.24, 2.45) is 5.41 Å². The third-order valence-corrected chi connectivity index (χ3v) is 10.4. The normalized spacial score (nSPS) is 36.2. The molecule has 9 unspecified atom stereocenters. The van der Waals surface area contributed by atoms with Gasteiger partial charge in [0.2, 0.25) is 6.29 Å². The van der Waals surface area contributed by atoms with Gasteiger partial charge >= 0.3 is 0 Å². The van der Waals surface area contributed by atoms with Gasteiger partial charge in [0.15, 0.2) is 5.78 Å². The van der Waals surface area contributed by atoms with Crippen LogP contribution in [0.3, 0.4) is 0 Å². The first-order valence-corrected chi connectivity index (χ1v) is 15.6. The molecule has 0 spiro atoms. The van der Waals surface area contributed by atoms with E-state index in [1.54, 1.807) is 49.4 Å². The van der Waals surface area contributed by atoms with E-state index in [0.29, 0.717) is 16.5 Å². The zero-order valence-corrected chi connectivity index (χ0v) is 26.0. The molecule has 8 N–H and O–H groups in total. The Morgan fingerprint density at radius 2 is 1.74 bits per heavy atom. The van der Waals surface area contributed by atoms with Crippen LogP contribution in [0.25, 0.3) is 10.8 Å². The summed E-state index contributed by atoms with van der Waals surface area (Å²) < 4.78 is 11.6. The van der Waals surface area contributed by atoms with Crippen molar-refractivity contribution in [1.29, 1.82) is 0 Å². The first kappa shape index (κ1) is 31.9. The lowest BCUT2D eigenvalue weighted by Crippen LogP contribution is -2.73. The molecule has 47 heavy (non-hydrogen) atoms. The molecule has 0 radical (unpaired) electrons. The molecule has 0 aromatic heterocycles. The van der Waals surface area contributed by atoms with Crippen LogP contribution in [0.5, 0.6) is 11.5 Å². The van der Waals surface area contributed by atoms with Gasteiger partial charge in [0, 0.05) is 39.8 Å². The van der Waals surface area contributed by atoms with E-state index in [-0.39, 0.29) is 40.0 Å². The van der Waals surface area contributed by atoms with Gasteiger partial charge in [-0.3, -0.25) is 4.79 Å². The molecule has 9 atom stereocenters. The number of phenols is 1. The van der Waals surface area contributed by atoms with Crippen molar-refractivity contribution in [3.05, 3.63) is 94.6 Å². The van der Waals surface area contributed by atoms with Gasteiger partial charge in [0.05, 0.1) is 17.6 Å². The Hall–Kier alpha value is -3.65. The number of hydrogen-bond acceptors (Lipinski definition) is 11. The maximum atomic E-state index is 14.7. The van der Waals surface area contributed by atoms with E-state index in [0.717, 1.165) is 0 Å². The summed E-state index contributed by atoms with van der Waals surface area (Å²) in [4.78, 5) is 14.7. The molecule has 1 heterocycles. The zero-order chi connectivity index (χ0) is 33.8. The Bertz CT molecular complexity index is 1860. The molecule has 1 saturated heterocycles. The summed E-state index contributed by atoms with van der Waals surface area (Å²) in [6, 6.07) is 12.8. The van der Waals surface area contributed by atoms with Crippen molar-refractivity contribution in [2.45, 2.75) is 80.6 Å². The van der Waals surface area contributed by atoms with E-state index >= 15 is 0 Å². The minimum Gasteiger partial charge on any atom is -0.507 e. The summed E-state index contributed by atoms with van der Waals surface area (Å²) in [7, 11) is 0. The second kappa shape index (κ2) is 10.4. The Morgan fingerprint density at radius 1 is 1.02 bits per heavy atom. The monoisotopic (exact) mass is 646 g/mol. The summed E-state index contributed by atoms with van der Waals surface area (Å²) in [5, 5.41) is 90.3. The molecule has 1 aliphatic heterocycles. The maximum absolute atomic E-state index is 14.7. The smallest absolute Gasteiger partial charge is 0.229 e. The third kappa shape index (κ3) is 4.12. The molecule has 4 bridgehead atoms. The van der Waals surface area contributed by atoms with Crippen molar-refractivity contribution in [2.75, 3.05) is 6.61 Å². The van der Waals surface area contributed by atoms with Crippen LogP contribution < -0.4 is 4.74 Å². The van der Waals surface area contributed by atoms with E-state index in [2.05, 4.69) is 0 Å². The number of rotatable bonds is 5. The number of phenolic OH excluding ortho intramolecular Hbond substituents is 1. The SMILES string of the molecule is CC1=CC2c3cc4c(OC5OC(CO)C(O)C(O)C5O)cccc4c(O)c3C3(O)c4ccccc4C(=O)C2(C=CC(C)(C)O)C3(O)C1. The van der Waals surface area contributed by atoms with Crippen molar-refractivity contribution < 1.29 is 55.1 Å². The number of carbonyl (C=O) groups excluding carboxylic acids is 1. The van der Waals surface area contributed by atoms with Crippen LogP contribution in [-0.4, -0.2) is 95.2 Å². The fourth-order valence-electron chi connectivity index (χ4n) is 8.23. The van der Waals surface area contributed by atoms with E-state index in [1.165, 1.54) is 32.1 Å². The van der Waals surface area contributed by atoms with Gasteiger partial charge < -0.3 is 50.3 Å². The van der Waals surface area contributed by atoms with Crippen LogP contribution >= 0.6 is 0 Å². The minimum atomic E-state index is -2.30. The fraction of sp³-hybridized carbons (Fsp3) is 0.417. The number of aromatic hydroxyl groups is 1. The quantitative estimate of drug-likeness (QED) is 0.188. The van der Waals surface area contributed by atoms with Crippen LogP contribution in [0.4, 0.5) is 0 Å². The molecular formula is C36H38O11. The van der Waals surface area contributed by atoms with Crippen molar-refractivity contribution in [1.82, 2.24) is 0 Å². The zero-order valence-electron chi connectivity index (χ0n) is 26.0. The van der Waals surface area contributed by atoms with Gasteiger partial charge in [-0.1, -0.05) is 60.2 Å². The van der Waals surface area contributed by atoms with Gasteiger partial charge in [-0.25, -0.2) is 0 Å². The molecule has 4 aliphatic rings. The summed E-state index contributed by atoms with van der Waals surface area (Å²) in [5.41, 5.74) is -6.30. The predicted molar refractivity (Wildman–Crippen MR) is 168 cm³/mol. The number of ether oxygens (including phenoxy) is 2. The van der Waals surface area contributed by atoms with Crippen LogP contribution in [0, 0.1) is 5.41 Å². The van der Waals surface area contributed by atoms with Gasteiger partial charge in [-0.05, 0) is 38.5 Å². The Balaban J connectivity index is 1.52. The largest absolute Gasteiger partial charge is 0.507 e.